The molecule has 0 aliphatic rings. The van der Waals surface area contributed by atoms with E-state index in [9.17, 15) is 9.59 Å². The average Bonchev–Trinajstić information content (AvgIpc) is 2.40. The first-order valence-electron chi connectivity index (χ1n) is 7.07. The third kappa shape index (κ3) is 8.33. The van der Waals surface area contributed by atoms with Gasteiger partial charge in [-0.15, -0.1) is 0 Å². The molecule has 134 valence electrons. The highest BCUT2D eigenvalue weighted by Gasteiger charge is 2.15. The molecule has 5 nitrogen and oxygen atoms in total. The molecule has 0 bridgehead atoms. The number of amides is 2. The van der Waals surface area contributed by atoms with E-state index in [0.29, 0.717) is 23.0 Å². The van der Waals surface area contributed by atoms with Gasteiger partial charge in [-0.05, 0) is 32.9 Å². The second kappa shape index (κ2) is 9.61. The van der Waals surface area contributed by atoms with Crippen LogP contribution in [0.3, 0.4) is 0 Å². The Kier molecular flexibility index (Phi) is 8.50. The standard InChI is InChI=1S/C15H19Cl3N2O3S/c1-15(2,3)23-14(22)19-4-5-24-8-12(21)20-13-10(17)6-9(16)7-11(13)18/h6-7H,4-5,8H2,1-3H3,(H,19,22)(H,20,21). The van der Waals surface area contributed by atoms with Crippen molar-refractivity contribution in [3.8, 4) is 0 Å². The molecule has 1 aromatic rings. The van der Waals surface area contributed by atoms with E-state index in [4.69, 9.17) is 39.5 Å². The number of thioether (sulfide) groups is 1. The molecule has 0 aromatic heterocycles. The van der Waals surface area contributed by atoms with Crippen LogP contribution in [0.15, 0.2) is 12.1 Å². The Hall–Kier alpha value is -0.820. The Labute approximate surface area is 160 Å². The Morgan fingerprint density at radius 3 is 2.29 bits per heavy atom. The fraction of sp³-hybridized carbons (Fsp3) is 0.467. The third-order valence-electron chi connectivity index (χ3n) is 2.42. The third-order valence-corrected chi connectivity index (χ3v) is 4.19. The van der Waals surface area contributed by atoms with E-state index in [-0.39, 0.29) is 21.7 Å². The van der Waals surface area contributed by atoms with Gasteiger partial charge in [-0.25, -0.2) is 4.79 Å². The van der Waals surface area contributed by atoms with Crippen molar-refractivity contribution in [2.75, 3.05) is 23.4 Å². The van der Waals surface area contributed by atoms with Crippen LogP contribution in [-0.2, 0) is 9.53 Å². The van der Waals surface area contributed by atoms with Gasteiger partial charge in [-0.3, -0.25) is 4.79 Å². The van der Waals surface area contributed by atoms with Crippen LogP contribution in [0.5, 0.6) is 0 Å². The quantitative estimate of drug-likeness (QED) is 0.655. The Bertz CT molecular complexity index is 583. The summed E-state index contributed by atoms with van der Waals surface area (Å²) in [7, 11) is 0. The second-order valence-corrected chi connectivity index (χ2v) is 8.13. The molecular weight excluding hydrogens is 395 g/mol. The molecule has 0 fully saturated rings. The molecule has 0 aliphatic heterocycles. The van der Waals surface area contributed by atoms with Crippen LogP contribution in [0.2, 0.25) is 15.1 Å². The van der Waals surface area contributed by atoms with E-state index in [1.807, 2.05) is 0 Å². The van der Waals surface area contributed by atoms with Gasteiger partial charge >= 0.3 is 6.09 Å². The zero-order valence-corrected chi connectivity index (χ0v) is 16.6. The lowest BCUT2D eigenvalue weighted by Gasteiger charge is -2.19. The molecule has 0 aliphatic carbocycles. The van der Waals surface area contributed by atoms with Crippen molar-refractivity contribution in [1.82, 2.24) is 5.32 Å². The van der Waals surface area contributed by atoms with Gasteiger partial charge in [0, 0.05) is 17.3 Å². The van der Waals surface area contributed by atoms with Crippen LogP contribution in [0.1, 0.15) is 20.8 Å². The first-order chi connectivity index (χ1) is 11.1. The molecule has 0 spiro atoms. The fourth-order valence-corrected chi connectivity index (χ4v) is 3.10. The Morgan fingerprint density at radius 2 is 1.75 bits per heavy atom. The minimum Gasteiger partial charge on any atom is -0.444 e. The number of alkyl carbamates (subject to hydrolysis) is 1. The summed E-state index contributed by atoms with van der Waals surface area (Å²) in [5.41, 5.74) is -0.200. The first kappa shape index (κ1) is 21.2. The number of nitrogens with one attached hydrogen (secondary N) is 2. The van der Waals surface area contributed by atoms with E-state index in [0.717, 1.165) is 0 Å². The van der Waals surface area contributed by atoms with Crippen molar-refractivity contribution < 1.29 is 14.3 Å². The zero-order chi connectivity index (χ0) is 18.3. The minimum absolute atomic E-state index is 0.200. The maximum Gasteiger partial charge on any atom is 0.407 e. The van der Waals surface area contributed by atoms with Crippen LogP contribution < -0.4 is 10.6 Å². The Balaban J connectivity index is 2.29. The van der Waals surface area contributed by atoms with Crippen LogP contribution in [-0.4, -0.2) is 35.7 Å². The molecule has 24 heavy (non-hydrogen) atoms. The van der Waals surface area contributed by atoms with Crippen LogP contribution in [0.4, 0.5) is 10.5 Å². The lowest BCUT2D eigenvalue weighted by atomic mass is 10.2. The van der Waals surface area contributed by atoms with Crippen LogP contribution in [0.25, 0.3) is 0 Å². The summed E-state index contributed by atoms with van der Waals surface area (Å²) in [4.78, 5) is 23.3. The smallest absolute Gasteiger partial charge is 0.407 e. The maximum atomic E-state index is 11.9. The van der Waals surface area contributed by atoms with Gasteiger partial charge in [0.25, 0.3) is 0 Å². The average molecular weight is 414 g/mol. The molecule has 0 heterocycles. The summed E-state index contributed by atoms with van der Waals surface area (Å²) in [5, 5.41) is 6.20. The number of benzene rings is 1. The topological polar surface area (TPSA) is 67.4 Å². The highest BCUT2D eigenvalue weighted by atomic mass is 35.5. The zero-order valence-electron chi connectivity index (χ0n) is 13.5. The predicted octanol–water partition coefficient (Wildman–Crippen LogP) is 4.84. The van der Waals surface area contributed by atoms with Gasteiger partial charge in [-0.2, -0.15) is 11.8 Å². The van der Waals surface area contributed by atoms with Crippen molar-refractivity contribution in [2.24, 2.45) is 0 Å². The van der Waals surface area contributed by atoms with Crippen molar-refractivity contribution in [1.29, 1.82) is 0 Å². The molecule has 2 amide bonds. The number of anilines is 1. The van der Waals surface area contributed by atoms with Gasteiger partial charge in [0.1, 0.15) is 5.60 Å². The first-order valence-corrected chi connectivity index (χ1v) is 9.36. The summed E-state index contributed by atoms with van der Waals surface area (Å²) < 4.78 is 5.10. The number of hydrogen-bond donors (Lipinski definition) is 2. The van der Waals surface area contributed by atoms with Gasteiger partial charge < -0.3 is 15.4 Å². The normalized spacial score (nSPS) is 11.1. The van der Waals surface area contributed by atoms with E-state index in [1.165, 1.54) is 23.9 Å². The van der Waals surface area contributed by atoms with E-state index >= 15 is 0 Å². The van der Waals surface area contributed by atoms with Gasteiger partial charge in [0.05, 0.1) is 21.5 Å². The fourth-order valence-electron chi connectivity index (χ4n) is 1.54. The molecule has 1 rings (SSSR count). The monoisotopic (exact) mass is 412 g/mol. The van der Waals surface area contributed by atoms with E-state index < -0.39 is 11.7 Å². The Morgan fingerprint density at radius 1 is 1.17 bits per heavy atom. The SMILES string of the molecule is CC(C)(C)OC(=O)NCCSCC(=O)Nc1c(Cl)cc(Cl)cc1Cl. The van der Waals surface area contributed by atoms with Gasteiger partial charge in [0.2, 0.25) is 5.91 Å². The highest BCUT2D eigenvalue weighted by Crippen LogP contribution is 2.33. The van der Waals surface area contributed by atoms with Crippen molar-refractivity contribution >= 4 is 64.3 Å². The maximum absolute atomic E-state index is 11.9. The highest BCUT2D eigenvalue weighted by molar-refractivity contribution is 7.99. The van der Waals surface area contributed by atoms with Crippen molar-refractivity contribution in [3.63, 3.8) is 0 Å². The number of carbonyl (C=O) groups is 2. The number of ether oxygens (including phenoxy) is 1. The predicted molar refractivity (Wildman–Crippen MR) is 102 cm³/mol. The molecule has 1 aromatic carbocycles. The molecule has 0 unspecified atom stereocenters. The molecule has 0 saturated carbocycles. The number of halogens is 3. The summed E-state index contributed by atoms with van der Waals surface area (Å²) in [5.74, 6) is 0.517. The van der Waals surface area contributed by atoms with Gasteiger partial charge in [-0.1, -0.05) is 34.8 Å². The lowest BCUT2D eigenvalue weighted by Crippen LogP contribution is -2.33. The minimum atomic E-state index is -0.534. The number of rotatable bonds is 6. The van der Waals surface area contributed by atoms with Crippen molar-refractivity contribution in [2.45, 2.75) is 26.4 Å². The van der Waals surface area contributed by atoms with Crippen LogP contribution >= 0.6 is 46.6 Å². The molecular formula is C15H19Cl3N2O3S. The number of hydrogen-bond acceptors (Lipinski definition) is 4. The van der Waals surface area contributed by atoms with Gasteiger partial charge in [0.15, 0.2) is 0 Å². The molecule has 0 radical (unpaired) electrons. The second-order valence-electron chi connectivity index (χ2n) is 5.77. The molecule has 9 heteroatoms. The van der Waals surface area contributed by atoms with E-state index in [1.54, 1.807) is 20.8 Å². The molecule has 0 saturated heterocycles. The summed E-state index contributed by atoms with van der Waals surface area (Å²) in [6.07, 6.45) is -0.479. The van der Waals surface area contributed by atoms with Crippen LogP contribution in [0, 0.1) is 0 Å². The summed E-state index contributed by atoms with van der Waals surface area (Å²) in [6, 6.07) is 3.00. The molecule has 2 N–H and O–H groups in total. The molecule has 0 atom stereocenters. The van der Waals surface area contributed by atoms with E-state index in [2.05, 4.69) is 10.6 Å². The number of carbonyl (C=O) groups excluding carboxylic acids is 2. The summed E-state index contributed by atoms with van der Waals surface area (Å²) in [6.45, 7) is 5.77. The largest absolute Gasteiger partial charge is 0.444 e. The lowest BCUT2D eigenvalue weighted by molar-refractivity contribution is -0.113. The summed E-state index contributed by atoms with van der Waals surface area (Å²) >= 11 is 19.2. The van der Waals surface area contributed by atoms with Crippen molar-refractivity contribution in [3.05, 3.63) is 27.2 Å².